The largest absolute Gasteiger partial charge is 0.546 e. The van der Waals surface area contributed by atoms with E-state index in [1.54, 1.807) is 0 Å². The van der Waals surface area contributed by atoms with Crippen molar-refractivity contribution in [3.8, 4) is 0 Å². The first-order valence-corrected chi connectivity index (χ1v) is 7.96. The molecule has 0 atom stereocenters. The van der Waals surface area contributed by atoms with Crippen LogP contribution in [-0.4, -0.2) is 10.5 Å². The molecule has 4 nitrogen and oxygen atoms in total. The highest BCUT2D eigenvalue weighted by atomic mass is 16.4. The highest BCUT2D eigenvalue weighted by Gasteiger charge is 2.16. The van der Waals surface area contributed by atoms with Crippen molar-refractivity contribution >= 4 is 5.97 Å². The SMILES string of the molecule is CCCCCCCc1n(CCCC)cc[n+]1CC(=O)[O-]. The summed E-state index contributed by atoms with van der Waals surface area (Å²) in [7, 11) is 0. The van der Waals surface area contributed by atoms with Crippen molar-refractivity contribution in [1.82, 2.24) is 4.57 Å². The fourth-order valence-electron chi connectivity index (χ4n) is 2.49. The Hall–Kier alpha value is -1.32. The Labute approximate surface area is 122 Å². The molecule has 0 fully saturated rings. The number of aryl methyl sites for hydroxylation is 1. The fourth-order valence-corrected chi connectivity index (χ4v) is 2.49. The van der Waals surface area contributed by atoms with Crippen molar-refractivity contribution in [2.45, 2.75) is 78.3 Å². The van der Waals surface area contributed by atoms with Gasteiger partial charge in [0.15, 0.2) is 0 Å². The van der Waals surface area contributed by atoms with Crippen LogP contribution in [0.1, 0.15) is 64.6 Å². The third-order valence-electron chi connectivity index (χ3n) is 3.65. The summed E-state index contributed by atoms with van der Waals surface area (Å²) >= 11 is 0. The van der Waals surface area contributed by atoms with Gasteiger partial charge >= 0.3 is 0 Å². The van der Waals surface area contributed by atoms with Crippen molar-refractivity contribution in [2.75, 3.05) is 0 Å². The number of carbonyl (C=O) groups is 1. The molecule has 20 heavy (non-hydrogen) atoms. The Morgan fingerprint density at radius 2 is 1.85 bits per heavy atom. The highest BCUT2D eigenvalue weighted by Crippen LogP contribution is 2.08. The van der Waals surface area contributed by atoms with Crippen LogP contribution in [0.5, 0.6) is 0 Å². The van der Waals surface area contributed by atoms with Gasteiger partial charge in [0, 0.05) is 6.42 Å². The summed E-state index contributed by atoms with van der Waals surface area (Å²) in [5.41, 5.74) is 0. The van der Waals surface area contributed by atoms with E-state index in [4.69, 9.17) is 0 Å². The molecule has 0 aliphatic heterocycles. The van der Waals surface area contributed by atoms with Gasteiger partial charge in [0.2, 0.25) is 0 Å². The Kier molecular flexibility index (Phi) is 8.00. The number of rotatable bonds is 11. The predicted molar refractivity (Wildman–Crippen MR) is 77.0 cm³/mol. The van der Waals surface area contributed by atoms with E-state index in [0.717, 1.165) is 38.1 Å². The number of aliphatic carboxylic acids is 1. The van der Waals surface area contributed by atoms with Gasteiger partial charge in [-0.15, -0.1) is 0 Å². The van der Waals surface area contributed by atoms with Crippen molar-refractivity contribution in [3.05, 3.63) is 18.2 Å². The van der Waals surface area contributed by atoms with Gasteiger partial charge in [-0.3, -0.25) is 0 Å². The smallest absolute Gasteiger partial charge is 0.256 e. The van der Waals surface area contributed by atoms with Crippen molar-refractivity contribution in [3.63, 3.8) is 0 Å². The zero-order valence-corrected chi connectivity index (χ0v) is 12.9. The summed E-state index contributed by atoms with van der Waals surface area (Å²) in [5.74, 6) is 0.106. The minimum Gasteiger partial charge on any atom is -0.546 e. The Bertz CT molecular complexity index is 399. The summed E-state index contributed by atoms with van der Waals surface area (Å²) in [4.78, 5) is 10.8. The molecule has 0 aliphatic carbocycles. The summed E-state index contributed by atoms with van der Waals surface area (Å²) in [6.45, 7) is 5.32. The molecule has 0 radical (unpaired) electrons. The third kappa shape index (κ3) is 5.76. The lowest BCUT2D eigenvalue weighted by Crippen LogP contribution is -2.45. The lowest BCUT2D eigenvalue weighted by atomic mass is 10.1. The molecule has 114 valence electrons. The van der Waals surface area contributed by atoms with Crippen LogP contribution < -0.4 is 9.67 Å². The number of hydrogen-bond acceptors (Lipinski definition) is 2. The van der Waals surface area contributed by atoms with E-state index in [2.05, 4.69) is 18.4 Å². The first-order chi connectivity index (χ1) is 9.69. The molecule has 0 spiro atoms. The predicted octanol–water partition coefficient (Wildman–Crippen LogP) is 1.84. The minimum atomic E-state index is -1.02. The molecule has 1 heterocycles. The molecule has 0 aliphatic rings. The van der Waals surface area contributed by atoms with Crippen LogP contribution >= 0.6 is 0 Å². The van der Waals surface area contributed by atoms with E-state index in [9.17, 15) is 9.90 Å². The van der Waals surface area contributed by atoms with Gasteiger partial charge < -0.3 is 9.90 Å². The summed E-state index contributed by atoms with van der Waals surface area (Å²) in [6, 6.07) is 0. The van der Waals surface area contributed by atoms with Crippen molar-refractivity contribution in [1.29, 1.82) is 0 Å². The number of carbonyl (C=O) groups excluding carboxylic acids is 1. The van der Waals surface area contributed by atoms with E-state index in [0.29, 0.717) is 0 Å². The van der Waals surface area contributed by atoms with Crippen LogP contribution in [0, 0.1) is 0 Å². The second-order valence-electron chi connectivity index (χ2n) is 5.43. The molecule has 4 heteroatoms. The average molecular weight is 280 g/mol. The molecular weight excluding hydrogens is 252 g/mol. The number of carboxylic acids is 1. The molecule has 1 rings (SSSR count). The van der Waals surface area contributed by atoms with Gasteiger partial charge in [0.1, 0.15) is 18.9 Å². The number of nitrogens with zero attached hydrogens (tertiary/aromatic N) is 2. The number of aromatic nitrogens is 2. The van der Waals surface area contributed by atoms with Crippen LogP contribution in [-0.2, 0) is 24.3 Å². The molecule has 0 unspecified atom stereocenters. The molecule has 0 amide bonds. The third-order valence-corrected chi connectivity index (χ3v) is 3.65. The van der Waals surface area contributed by atoms with Gasteiger partial charge in [-0.1, -0.05) is 46.0 Å². The van der Waals surface area contributed by atoms with Crippen LogP contribution in [0.2, 0.25) is 0 Å². The molecule has 0 N–H and O–H groups in total. The van der Waals surface area contributed by atoms with Gasteiger partial charge in [-0.05, 0) is 12.8 Å². The molecule has 1 aromatic heterocycles. The van der Waals surface area contributed by atoms with Gasteiger partial charge in [0.25, 0.3) is 5.82 Å². The normalized spacial score (nSPS) is 10.9. The van der Waals surface area contributed by atoms with E-state index in [-0.39, 0.29) is 6.54 Å². The summed E-state index contributed by atoms with van der Waals surface area (Å²) in [5, 5.41) is 10.8. The first kappa shape index (κ1) is 16.7. The summed E-state index contributed by atoms with van der Waals surface area (Å²) < 4.78 is 4.02. The molecule has 0 saturated heterocycles. The lowest BCUT2D eigenvalue weighted by molar-refractivity contribution is -0.697. The van der Waals surface area contributed by atoms with E-state index < -0.39 is 5.97 Å². The van der Waals surface area contributed by atoms with Crippen LogP contribution in [0.4, 0.5) is 0 Å². The van der Waals surface area contributed by atoms with Gasteiger partial charge in [0.05, 0.1) is 12.5 Å². The number of unbranched alkanes of at least 4 members (excludes halogenated alkanes) is 5. The fraction of sp³-hybridized carbons (Fsp3) is 0.750. The average Bonchev–Trinajstić information content (AvgIpc) is 2.78. The lowest BCUT2D eigenvalue weighted by Gasteiger charge is -2.06. The van der Waals surface area contributed by atoms with Crippen LogP contribution in [0.3, 0.4) is 0 Å². The molecule has 0 saturated carbocycles. The first-order valence-electron chi connectivity index (χ1n) is 7.96. The van der Waals surface area contributed by atoms with E-state index in [1.165, 1.54) is 25.7 Å². The molecule has 1 aromatic rings. The molecule has 0 aromatic carbocycles. The van der Waals surface area contributed by atoms with Gasteiger partial charge in [-0.2, -0.15) is 0 Å². The van der Waals surface area contributed by atoms with E-state index >= 15 is 0 Å². The quantitative estimate of drug-likeness (QED) is 0.459. The maximum atomic E-state index is 10.8. The second-order valence-corrected chi connectivity index (χ2v) is 5.43. The zero-order chi connectivity index (χ0) is 14.8. The van der Waals surface area contributed by atoms with Crippen molar-refractivity contribution in [2.24, 2.45) is 0 Å². The second kappa shape index (κ2) is 9.56. The number of carboxylic acid groups (broad SMARTS) is 1. The molecular formula is C16H28N2O2. The maximum absolute atomic E-state index is 10.8. The number of imidazole rings is 1. The van der Waals surface area contributed by atoms with E-state index in [1.807, 2.05) is 17.0 Å². The maximum Gasteiger partial charge on any atom is 0.256 e. The number of hydrogen-bond donors (Lipinski definition) is 0. The van der Waals surface area contributed by atoms with Crippen molar-refractivity contribution < 1.29 is 14.5 Å². The van der Waals surface area contributed by atoms with Crippen LogP contribution in [0.25, 0.3) is 0 Å². The minimum absolute atomic E-state index is 0.0383. The van der Waals surface area contributed by atoms with Crippen LogP contribution in [0.15, 0.2) is 12.4 Å². The highest BCUT2D eigenvalue weighted by molar-refractivity contribution is 5.62. The Balaban J connectivity index is 2.61. The monoisotopic (exact) mass is 280 g/mol. The Morgan fingerprint density at radius 1 is 1.15 bits per heavy atom. The molecule has 0 bridgehead atoms. The zero-order valence-electron chi connectivity index (χ0n) is 12.9. The Morgan fingerprint density at radius 3 is 2.50 bits per heavy atom. The topological polar surface area (TPSA) is 48.9 Å². The summed E-state index contributed by atoms with van der Waals surface area (Å²) in [6.07, 6.45) is 13.2. The standard InChI is InChI=1S/C16H28N2O2/c1-3-5-7-8-9-10-15-17(11-6-4-2)12-13-18(15)14-16(19)20/h12-13H,3-11,14H2,1-2H3. The van der Waals surface area contributed by atoms with Gasteiger partial charge in [-0.25, -0.2) is 9.13 Å².